The first-order valence-electron chi connectivity index (χ1n) is 7.18. The summed E-state index contributed by atoms with van der Waals surface area (Å²) in [5.41, 5.74) is 3.30. The minimum Gasteiger partial charge on any atom is -0.387 e. The number of pyridine rings is 1. The van der Waals surface area contributed by atoms with Gasteiger partial charge in [0.2, 0.25) is 0 Å². The Hall–Kier alpha value is -1.87. The Labute approximate surface area is 119 Å². The fourth-order valence-corrected chi connectivity index (χ4v) is 2.82. The Morgan fingerprint density at radius 1 is 1.20 bits per heavy atom. The van der Waals surface area contributed by atoms with Crippen LogP contribution >= 0.6 is 0 Å². The van der Waals surface area contributed by atoms with Crippen LogP contribution in [0, 0.1) is 0 Å². The van der Waals surface area contributed by atoms with Crippen LogP contribution in [0.2, 0.25) is 0 Å². The molecule has 3 rings (SSSR count). The molecule has 0 aliphatic carbocycles. The first-order valence-corrected chi connectivity index (χ1v) is 7.18. The van der Waals surface area contributed by atoms with Gasteiger partial charge in [-0.1, -0.05) is 30.3 Å². The van der Waals surface area contributed by atoms with E-state index in [-0.39, 0.29) is 0 Å². The Morgan fingerprint density at radius 2 is 2.00 bits per heavy atom. The van der Waals surface area contributed by atoms with Crippen molar-refractivity contribution >= 4 is 5.69 Å². The molecule has 1 saturated heterocycles. The van der Waals surface area contributed by atoms with Crippen LogP contribution in [0.1, 0.15) is 36.6 Å². The van der Waals surface area contributed by atoms with Crippen molar-refractivity contribution in [3.8, 4) is 0 Å². The molecule has 0 spiro atoms. The molecule has 1 aliphatic rings. The van der Waals surface area contributed by atoms with Crippen molar-refractivity contribution in [2.45, 2.75) is 25.4 Å². The fourth-order valence-electron chi connectivity index (χ4n) is 2.82. The molecule has 0 amide bonds. The van der Waals surface area contributed by atoms with Crippen molar-refractivity contribution in [3.05, 3.63) is 59.9 Å². The molecule has 2 atom stereocenters. The molecular formula is C17H20N2O. The van der Waals surface area contributed by atoms with Crippen LogP contribution in [0.4, 0.5) is 5.69 Å². The molecule has 0 saturated carbocycles. The normalized spacial score (nSPS) is 20.1. The van der Waals surface area contributed by atoms with E-state index in [1.165, 1.54) is 12.0 Å². The molecule has 1 aliphatic heterocycles. The van der Waals surface area contributed by atoms with Crippen molar-refractivity contribution < 1.29 is 5.11 Å². The number of rotatable bonds is 3. The van der Waals surface area contributed by atoms with E-state index < -0.39 is 6.10 Å². The van der Waals surface area contributed by atoms with Gasteiger partial charge in [-0.15, -0.1) is 0 Å². The summed E-state index contributed by atoms with van der Waals surface area (Å²) in [5, 5.41) is 9.49. The zero-order valence-corrected chi connectivity index (χ0v) is 11.7. The number of benzene rings is 1. The number of aliphatic hydroxyl groups excluding tert-OH is 1. The predicted octanol–water partition coefficient (Wildman–Crippen LogP) is 3.13. The lowest BCUT2D eigenvalue weighted by atomic mass is 9.99. The van der Waals surface area contributed by atoms with E-state index in [9.17, 15) is 5.11 Å². The minimum atomic E-state index is -0.500. The molecule has 3 heteroatoms. The van der Waals surface area contributed by atoms with Crippen molar-refractivity contribution in [1.29, 1.82) is 0 Å². The van der Waals surface area contributed by atoms with Crippen LogP contribution in [0.25, 0.3) is 0 Å². The van der Waals surface area contributed by atoms with Crippen LogP contribution < -0.4 is 4.90 Å². The second-order valence-corrected chi connectivity index (χ2v) is 5.46. The summed E-state index contributed by atoms with van der Waals surface area (Å²) in [6.07, 6.45) is 2.55. The summed E-state index contributed by atoms with van der Waals surface area (Å²) >= 11 is 0. The molecule has 104 valence electrons. The van der Waals surface area contributed by atoms with Crippen LogP contribution in [0.3, 0.4) is 0 Å². The van der Waals surface area contributed by atoms with Crippen molar-refractivity contribution in [2.24, 2.45) is 0 Å². The fraction of sp³-hybridized carbons (Fsp3) is 0.353. The average Bonchev–Trinajstić information content (AvgIpc) is 2.98. The summed E-state index contributed by atoms with van der Waals surface area (Å²) < 4.78 is 0. The maximum atomic E-state index is 9.49. The molecule has 2 aromatic rings. The van der Waals surface area contributed by atoms with Gasteiger partial charge in [-0.25, -0.2) is 0 Å². The third kappa shape index (κ3) is 2.68. The van der Waals surface area contributed by atoms with E-state index in [2.05, 4.69) is 46.3 Å². The number of nitrogens with zero attached hydrogens (tertiary/aromatic N) is 2. The second kappa shape index (κ2) is 5.63. The highest BCUT2D eigenvalue weighted by Gasteiger charge is 2.24. The van der Waals surface area contributed by atoms with E-state index in [1.807, 2.05) is 12.3 Å². The average molecular weight is 268 g/mol. The largest absolute Gasteiger partial charge is 0.387 e. The second-order valence-electron chi connectivity index (χ2n) is 5.46. The molecule has 1 unspecified atom stereocenters. The van der Waals surface area contributed by atoms with Gasteiger partial charge < -0.3 is 10.0 Å². The van der Waals surface area contributed by atoms with Gasteiger partial charge in [-0.05, 0) is 31.0 Å². The third-order valence-corrected chi connectivity index (χ3v) is 4.02. The van der Waals surface area contributed by atoms with Gasteiger partial charge in [-0.3, -0.25) is 4.98 Å². The lowest BCUT2D eigenvalue weighted by molar-refractivity contribution is 0.194. The Balaban J connectivity index is 1.71. The van der Waals surface area contributed by atoms with Crippen LogP contribution in [-0.4, -0.2) is 23.2 Å². The molecule has 3 nitrogen and oxygen atoms in total. The van der Waals surface area contributed by atoms with Gasteiger partial charge in [0.1, 0.15) is 0 Å². The Kier molecular flexibility index (Phi) is 3.70. The minimum absolute atomic E-state index is 0.500. The van der Waals surface area contributed by atoms with Gasteiger partial charge in [-0.2, -0.15) is 0 Å². The van der Waals surface area contributed by atoms with Gasteiger partial charge in [0.05, 0.1) is 23.7 Å². The molecule has 20 heavy (non-hydrogen) atoms. The summed E-state index contributed by atoms with van der Waals surface area (Å²) in [6, 6.07) is 14.7. The molecule has 2 heterocycles. The maximum absolute atomic E-state index is 9.49. The van der Waals surface area contributed by atoms with Crippen LogP contribution in [-0.2, 0) is 0 Å². The lowest BCUT2D eigenvalue weighted by Gasteiger charge is -2.19. The third-order valence-electron chi connectivity index (χ3n) is 4.02. The Morgan fingerprint density at radius 3 is 2.65 bits per heavy atom. The molecule has 1 aromatic carbocycles. The summed E-state index contributed by atoms with van der Waals surface area (Å²) in [7, 11) is 0. The predicted molar refractivity (Wildman–Crippen MR) is 80.9 cm³/mol. The standard InChI is InChI=1S/C17H20N2O/c1-13(20)17-8-7-16(11-18-17)19-10-9-15(12-19)14-5-3-2-4-6-14/h2-8,11,13,15,20H,9-10,12H2,1H3/t13-,15?/m1/s1. The van der Waals surface area contributed by atoms with Crippen molar-refractivity contribution in [2.75, 3.05) is 18.0 Å². The zero-order valence-electron chi connectivity index (χ0n) is 11.7. The zero-order chi connectivity index (χ0) is 13.9. The molecule has 0 bridgehead atoms. The highest BCUT2D eigenvalue weighted by atomic mass is 16.3. The number of aliphatic hydroxyl groups is 1. The van der Waals surface area contributed by atoms with Gasteiger partial charge >= 0.3 is 0 Å². The van der Waals surface area contributed by atoms with Gasteiger partial charge in [0, 0.05) is 19.0 Å². The van der Waals surface area contributed by atoms with Gasteiger partial charge in [0.25, 0.3) is 0 Å². The molecule has 0 radical (unpaired) electrons. The smallest absolute Gasteiger partial charge is 0.0931 e. The number of hydrogen-bond acceptors (Lipinski definition) is 3. The first kappa shape index (κ1) is 13.1. The highest BCUT2D eigenvalue weighted by molar-refractivity contribution is 5.47. The van der Waals surface area contributed by atoms with E-state index in [1.54, 1.807) is 6.92 Å². The van der Waals surface area contributed by atoms with Crippen LogP contribution in [0.15, 0.2) is 48.7 Å². The van der Waals surface area contributed by atoms with Crippen LogP contribution in [0.5, 0.6) is 0 Å². The quantitative estimate of drug-likeness (QED) is 0.929. The van der Waals surface area contributed by atoms with Crippen molar-refractivity contribution in [3.63, 3.8) is 0 Å². The van der Waals surface area contributed by atoms with Gasteiger partial charge in [0.15, 0.2) is 0 Å². The van der Waals surface area contributed by atoms with E-state index in [0.717, 1.165) is 24.5 Å². The van der Waals surface area contributed by atoms with Crippen molar-refractivity contribution in [1.82, 2.24) is 4.98 Å². The lowest BCUT2D eigenvalue weighted by Crippen LogP contribution is -2.19. The molecule has 1 fully saturated rings. The highest BCUT2D eigenvalue weighted by Crippen LogP contribution is 2.30. The molecule has 1 aromatic heterocycles. The SMILES string of the molecule is C[C@@H](O)c1ccc(N2CCC(c3ccccc3)C2)cn1. The number of aromatic nitrogens is 1. The summed E-state index contributed by atoms with van der Waals surface area (Å²) in [5.74, 6) is 0.604. The topological polar surface area (TPSA) is 36.4 Å². The summed E-state index contributed by atoms with van der Waals surface area (Å²) in [4.78, 5) is 6.70. The van der Waals surface area contributed by atoms with E-state index in [0.29, 0.717) is 5.92 Å². The number of anilines is 1. The van der Waals surface area contributed by atoms with E-state index in [4.69, 9.17) is 0 Å². The number of hydrogen-bond donors (Lipinski definition) is 1. The summed E-state index contributed by atoms with van der Waals surface area (Å²) in [6.45, 7) is 3.85. The molecular weight excluding hydrogens is 248 g/mol. The van der Waals surface area contributed by atoms with E-state index >= 15 is 0 Å². The maximum Gasteiger partial charge on any atom is 0.0931 e. The monoisotopic (exact) mass is 268 g/mol. The first-order chi connectivity index (χ1) is 9.74. The molecule has 1 N–H and O–H groups in total. The Bertz CT molecular complexity index is 551.